The first kappa shape index (κ1) is 11.3. The Kier molecular flexibility index (Phi) is 3.13. The third-order valence-corrected chi connectivity index (χ3v) is 2.62. The van der Waals surface area contributed by atoms with Gasteiger partial charge in [0.15, 0.2) is 11.6 Å². The SMILES string of the molecule is CSc1c(C#N)c(N)c(F)c(F)c1C#N. The van der Waals surface area contributed by atoms with Crippen LogP contribution in [0.2, 0.25) is 0 Å². The average Bonchev–Trinajstić information content (AvgIpc) is 2.25. The van der Waals surface area contributed by atoms with Crippen LogP contribution in [0.3, 0.4) is 0 Å². The normalized spacial score (nSPS) is 9.40. The first-order chi connectivity index (χ1) is 7.08. The number of nitrogens with two attached hydrogens (primary N) is 1. The van der Waals surface area contributed by atoms with Crippen molar-refractivity contribution in [1.82, 2.24) is 0 Å². The molecule has 0 fully saturated rings. The van der Waals surface area contributed by atoms with E-state index in [0.717, 1.165) is 11.8 Å². The molecule has 0 aliphatic rings. The fourth-order valence-electron chi connectivity index (χ4n) is 1.10. The highest BCUT2D eigenvalue weighted by molar-refractivity contribution is 7.98. The van der Waals surface area contributed by atoms with Crippen molar-refractivity contribution in [2.45, 2.75) is 4.90 Å². The number of nitriles is 2. The van der Waals surface area contributed by atoms with Gasteiger partial charge in [-0.3, -0.25) is 0 Å². The van der Waals surface area contributed by atoms with Crippen molar-refractivity contribution in [1.29, 1.82) is 10.5 Å². The Bertz CT molecular complexity index is 459. The predicted octanol–water partition coefficient (Wildman–Crippen LogP) is 2.01. The molecule has 0 atom stereocenters. The number of halogens is 2. The number of hydrogen-bond donors (Lipinski definition) is 1. The van der Waals surface area contributed by atoms with E-state index in [2.05, 4.69) is 0 Å². The number of nitrogens with zero attached hydrogens (tertiary/aromatic N) is 2. The van der Waals surface area contributed by atoms with E-state index in [9.17, 15) is 8.78 Å². The highest BCUT2D eigenvalue weighted by Gasteiger charge is 2.22. The summed E-state index contributed by atoms with van der Waals surface area (Å²) in [7, 11) is 0. The Balaban J connectivity index is 3.79. The van der Waals surface area contributed by atoms with Gasteiger partial charge in [0.25, 0.3) is 0 Å². The highest BCUT2D eigenvalue weighted by Crippen LogP contribution is 2.33. The van der Waals surface area contributed by atoms with E-state index in [4.69, 9.17) is 16.3 Å². The van der Waals surface area contributed by atoms with Gasteiger partial charge in [0.1, 0.15) is 17.7 Å². The fourth-order valence-corrected chi connectivity index (χ4v) is 1.80. The number of benzene rings is 1. The van der Waals surface area contributed by atoms with Crippen LogP contribution >= 0.6 is 11.8 Å². The van der Waals surface area contributed by atoms with Gasteiger partial charge in [0.2, 0.25) is 0 Å². The maximum atomic E-state index is 13.2. The summed E-state index contributed by atoms with van der Waals surface area (Å²) in [5.74, 6) is -2.65. The molecule has 0 aromatic heterocycles. The molecule has 0 unspecified atom stereocenters. The van der Waals surface area contributed by atoms with Gasteiger partial charge in [-0.05, 0) is 6.26 Å². The Hall–Kier alpha value is -1.79. The lowest BCUT2D eigenvalue weighted by Gasteiger charge is -2.08. The van der Waals surface area contributed by atoms with Crippen molar-refractivity contribution in [3.8, 4) is 12.1 Å². The van der Waals surface area contributed by atoms with E-state index in [1.807, 2.05) is 0 Å². The zero-order valence-electron chi connectivity index (χ0n) is 7.64. The van der Waals surface area contributed by atoms with E-state index < -0.39 is 22.9 Å². The Morgan fingerprint density at radius 3 is 2.07 bits per heavy atom. The second-order valence-corrected chi connectivity index (χ2v) is 3.36. The van der Waals surface area contributed by atoms with Crippen LogP contribution in [-0.4, -0.2) is 6.26 Å². The molecule has 6 heteroatoms. The number of rotatable bonds is 1. The maximum absolute atomic E-state index is 13.2. The zero-order chi connectivity index (χ0) is 11.6. The summed E-state index contributed by atoms with van der Waals surface area (Å²) in [6, 6.07) is 3.17. The first-order valence-electron chi connectivity index (χ1n) is 3.73. The van der Waals surface area contributed by atoms with Gasteiger partial charge in [-0.2, -0.15) is 10.5 Å². The van der Waals surface area contributed by atoms with Crippen molar-refractivity contribution in [3.05, 3.63) is 22.8 Å². The molecule has 3 nitrogen and oxygen atoms in total. The Morgan fingerprint density at radius 1 is 1.13 bits per heavy atom. The molecule has 0 spiro atoms. The minimum absolute atomic E-state index is 0.0661. The summed E-state index contributed by atoms with van der Waals surface area (Å²) in [6.07, 6.45) is 1.55. The molecule has 0 aliphatic carbocycles. The molecule has 15 heavy (non-hydrogen) atoms. The van der Waals surface area contributed by atoms with E-state index >= 15 is 0 Å². The quantitative estimate of drug-likeness (QED) is 0.586. The molecule has 0 saturated carbocycles. The minimum atomic E-state index is -1.35. The monoisotopic (exact) mass is 225 g/mol. The van der Waals surface area contributed by atoms with E-state index in [1.54, 1.807) is 12.3 Å². The minimum Gasteiger partial charge on any atom is -0.395 e. The summed E-state index contributed by atoms with van der Waals surface area (Å²) in [5, 5.41) is 17.4. The van der Waals surface area contributed by atoms with Crippen LogP contribution in [0.1, 0.15) is 11.1 Å². The highest BCUT2D eigenvalue weighted by atomic mass is 32.2. The van der Waals surface area contributed by atoms with Gasteiger partial charge in [0, 0.05) is 4.90 Å². The lowest BCUT2D eigenvalue weighted by atomic mass is 10.1. The fraction of sp³-hybridized carbons (Fsp3) is 0.111. The van der Waals surface area contributed by atoms with Crippen molar-refractivity contribution in [2.75, 3.05) is 12.0 Å². The smallest absolute Gasteiger partial charge is 0.184 e. The Labute approximate surface area is 89.1 Å². The third-order valence-electron chi connectivity index (χ3n) is 1.80. The van der Waals surface area contributed by atoms with Gasteiger partial charge in [-0.25, -0.2) is 8.78 Å². The third kappa shape index (κ3) is 1.60. The lowest BCUT2D eigenvalue weighted by molar-refractivity contribution is 0.506. The average molecular weight is 225 g/mol. The van der Waals surface area contributed by atoms with Crippen LogP contribution in [-0.2, 0) is 0 Å². The largest absolute Gasteiger partial charge is 0.395 e. The zero-order valence-corrected chi connectivity index (χ0v) is 8.45. The summed E-state index contributed by atoms with van der Waals surface area (Å²) in [6.45, 7) is 0. The lowest BCUT2D eigenvalue weighted by Crippen LogP contribution is -2.04. The molecule has 1 aromatic rings. The van der Waals surface area contributed by atoms with Crippen molar-refractivity contribution >= 4 is 17.4 Å². The summed E-state index contributed by atoms with van der Waals surface area (Å²) >= 11 is 0.977. The molecule has 0 saturated heterocycles. The molecule has 1 aromatic carbocycles. The van der Waals surface area contributed by atoms with Crippen LogP contribution in [0.15, 0.2) is 4.90 Å². The van der Waals surface area contributed by atoms with Crippen molar-refractivity contribution in [2.24, 2.45) is 0 Å². The van der Waals surface area contributed by atoms with Crippen LogP contribution < -0.4 is 5.73 Å². The summed E-state index contributed by atoms with van der Waals surface area (Å²) < 4.78 is 26.4. The van der Waals surface area contributed by atoms with Gasteiger partial charge in [-0.15, -0.1) is 11.8 Å². The molecule has 1 rings (SSSR count). The van der Waals surface area contributed by atoms with E-state index in [0.29, 0.717) is 0 Å². The van der Waals surface area contributed by atoms with Crippen molar-refractivity contribution in [3.63, 3.8) is 0 Å². The van der Waals surface area contributed by atoms with E-state index in [1.165, 1.54) is 6.07 Å². The molecule has 0 heterocycles. The second kappa shape index (κ2) is 4.16. The molecule has 2 N–H and O–H groups in total. The van der Waals surface area contributed by atoms with Crippen LogP contribution in [0, 0.1) is 34.3 Å². The number of hydrogen-bond acceptors (Lipinski definition) is 4. The first-order valence-corrected chi connectivity index (χ1v) is 4.95. The van der Waals surface area contributed by atoms with Gasteiger partial charge < -0.3 is 5.73 Å². The van der Waals surface area contributed by atoms with Gasteiger partial charge in [0.05, 0.1) is 11.3 Å². The molecule has 0 aliphatic heterocycles. The predicted molar refractivity (Wildman–Crippen MR) is 52.0 cm³/mol. The van der Waals surface area contributed by atoms with Gasteiger partial charge in [-0.1, -0.05) is 0 Å². The van der Waals surface area contributed by atoms with E-state index in [-0.39, 0.29) is 10.5 Å². The molecule has 76 valence electrons. The molecule has 0 bridgehead atoms. The second-order valence-electron chi connectivity index (χ2n) is 2.55. The summed E-state index contributed by atoms with van der Waals surface area (Å²) in [5.41, 5.74) is 4.00. The molecular weight excluding hydrogens is 220 g/mol. The maximum Gasteiger partial charge on any atom is 0.184 e. The topological polar surface area (TPSA) is 73.6 Å². The Morgan fingerprint density at radius 2 is 1.67 bits per heavy atom. The van der Waals surface area contributed by atoms with Gasteiger partial charge >= 0.3 is 0 Å². The van der Waals surface area contributed by atoms with Crippen LogP contribution in [0.4, 0.5) is 14.5 Å². The molecular formula is C9H5F2N3S. The number of thioether (sulfide) groups is 1. The van der Waals surface area contributed by atoms with Crippen molar-refractivity contribution < 1.29 is 8.78 Å². The van der Waals surface area contributed by atoms with Crippen LogP contribution in [0.5, 0.6) is 0 Å². The standard InChI is InChI=1S/C9H5F2N3S/c1-15-9-4(2-12)6(10)7(11)8(14)5(9)3-13/h14H2,1H3. The number of nitrogen functional groups attached to an aromatic ring is 1. The number of anilines is 1. The summed E-state index contributed by atoms with van der Waals surface area (Å²) in [4.78, 5) is 0.0661. The van der Waals surface area contributed by atoms with Crippen LogP contribution in [0.25, 0.3) is 0 Å². The molecule has 0 amide bonds. The molecule has 0 radical (unpaired) electrons.